The highest BCUT2D eigenvalue weighted by Crippen LogP contribution is 2.19. The minimum atomic E-state index is -3.30. The molecule has 1 aromatic carbocycles. The second kappa shape index (κ2) is 4.76. The van der Waals surface area contributed by atoms with Crippen molar-refractivity contribution in [2.75, 3.05) is 13.1 Å². The molecule has 1 heterocycles. The fraction of sp³-hybridized carbons (Fsp3) is 0.500. The lowest BCUT2D eigenvalue weighted by Gasteiger charge is -2.27. The molecule has 0 amide bonds. The van der Waals surface area contributed by atoms with E-state index in [1.54, 1.807) is 16.4 Å². The van der Waals surface area contributed by atoms with Gasteiger partial charge in [0.2, 0.25) is 10.0 Å². The van der Waals surface area contributed by atoms with Gasteiger partial charge in [-0.05, 0) is 19.1 Å². The van der Waals surface area contributed by atoms with E-state index in [4.69, 9.17) is 0 Å². The Morgan fingerprint density at radius 3 is 2.24 bits per heavy atom. The molecule has 1 saturated heterocycles. The van der Waals surface area contributed by atoms with Crippen molar-refractivity contribution in [1.82, 2.24) is 4.31 Å². The number of aryl methyl sites for hydroxylation is 1. The second-order valence-corrected chi connectivity index (χ2v) is 6.60. The summed E-state index contributed by atoms with van der Waals surface area (Å²) >= 11 is 0. The molecule has 1 fully saturated rings. The summed E-state index contributed by atoms with van der Waals surface area (Å²) in [6.07, 6.45) is 1.70. The third-order valence-corrected chi connectivity index (χ3v) is 5.15. The highest BCUT2D eigenvalue weighted by Gasteiger charge is 2.29. The third kappa shape index (κ3) is 2.68. The van der Waals surface area contributed by atoms with Gasteiger partial charge < -0.3 is 5.73 Å². The highest BCUT2D eigenvalue weighted by atomic mass is 32.2. The predicted octanol–water partition coefficient (Wildman–Crippen LogP) is 0.390. The highest BCUT2D eigenvalue weighted by molar-refractivity contribution is 7.89. The molecule has 3 N–H and O–H groups in total. The molecular formula is C12H19N2O2S+. The van der Waals surface area contributed by atoms with E-state index in [0.717, 1.165) is 18.4 Å². The average Bonchev–Trinajstić information content (AvgIpc) is 2.30. The Labute approximate surface area is 102 Å². The SMILES string of the molecule is Cc1ccc(S(=O)(=O)N2CCC([NH3+])CC2)cc1. The van der Waals surface area contributed by atoms with Crippen LogP contribution in [-0.4, -0.2) is 31.9 Å². The number of sulfonamides is 1. The molecule has 2 rings (SSSR count). The fourth-order valence-electron chi connectivity index (χ4n) is 2.01. The number of hydrogen-bond acceptors (Lipinski definition) is 2. The zero-order valence-electron chi connectivity index (χ0n) is 10.1. The van der Waals surface area contributed by atoms with Crippen molar-refractivity contribution in [2.45, 2.75) is 30.7 Å². The van der Waals surface area contributed by atoms with Crippen LogP contribution in [-0.2, 0) is 10.0 Å². The first kappa shape index (κ1) is 12.5. The van der Waals surface area contributed by atoms with E-state index in [9.17, 15) is 8.42 Å². The fourth-order valence-corrected chi connectivity index (χ4v) is 3.48. The number of benzene rings is 1. The minimum absolute atomic E-state index is 0.388. The Morgan fingerprint density at radius 2 is 1.71 bits per heavy atom. The van der Waals surface area contributed by atoms with Crippen molar-refractivity contribution in [2.24, 2.45) is 0 Å². The molecular weight excluding hydrogens is 236 g/mol. The molecule has 0 aliphatic carbocycles. The van der Waals surface area contributed by atoms with Crippen LogP contribution in [0.5, 0.6) is 0 Å². The summed E-state index contributed by atoms with van der Waals surface area (Å²) in [5.74, 6) is 0. The van der Waals surface area contributed by atoms with Crippen molar-refractivity contribution >= 4 is 10.0 Å². The molecule has 0 bridgehead atoms. The third-order valence-electron chi connectivity index (χ3n) is 3.23. The number of hydrogen-bond donors (Lipinski definition) is 1. The first-order valence-electron chi connectivity index (χ1n) is 5.90. The standard InChI is InChI=1S/C12H18N2O2S/c1-10-2-4-12(5-3-10)17(15,16)14-8-6-11(13)7-9-14/h2-5,11H,6-9,13H2,1H3/p+1. The summed E-state index contributed by atoms with van der Waals surface area (Å²) in [5, 5.41) is 0. The smallest absolute Gasteiger partial charge is 0.243 e. The van der Waals surface area contributed by atoms with Crippen molar-refractivity contribution in [3.05, 3.63) is 29.8 Å². The quantitative estimate of drug-likeness (QED) is 0.831. The molecule has 0 atom stereocenters. The van der Waals surface area contributed by atoms with E-state index in [-0.39, 0.29) is 0 Å². The minimum Gasteiger partial charge on any atom is -0.355 e. The van der Waals surface area contributed by atoms with Crippen molar-refractivity contribution in [1.29, 1.82) is 0 Å². The van der Waals surface area contributed by atoms with Crippen LogP contribution < -0.4 is 5.73 Å². The molecule has 94 valence electrons. The lowest BCUT2D eigenvalue weighted by atomic mass is 10.1. The van der Waals surface area contributed by atoms with Gasteiger partial charge in [-0.15, -0.1) is 0 Å². The summed E-state index contributed by atoms with van der Waals surface area (Å²) < 4.78 is 26.2. The molecule has 0 spiro atoms. The van der Waals surface area contributed by atoms with Crippen molar-refractivity contribution in [3.8, 4) is 0 Å². The number of rotatable bonds is 2. The summed E-state index contributed by atoms with van der Waals surface area (Å²) in [5.41, 5.74) is 5.05. The van der Waals surface area contributed by atoms with Crippen LogP contribution in [0.2, 0.25) is 0 Å². The van der Waals surface area contributed by atoms with Gasteiger partial charge in [0, 0.05) is 25.9 Å². The van der Waals surface area contributed by atoms with Gasteiger partial charge in [-0.1, -0.05) is 17.7 Å². The van der Waals surface area contributed by atoms with Crippen molar-refractivity contribution < 1.29 is 14.2 Å². The molecule has 17 heavy (non-hydrogen) atoms. The van der Waals surface area contributed by atoms with E-state index < -0.39 is 10.0 Å². The maximum Gasteiger partial charge on any atom is 0.243 e. The van der Waals surface area contributed by atoms with Crippen molar-refractivity contribution in [3.63, 3.8) is 0 Å². The largest absolute Gasteiger partial charge is 0.355 e. The van der Waals surface area contributed by atoms with Gasteiger partial charge in [0.15, 0.2) is 0 Å². The van der Waals surface area contributed by atoms with E-state index in [1.165, 1.54) is 0 Å². The first-order chi connectivity index (χ1) is 8.00. The Bertz CT molecular complexity index is 474. The molecule has 0 saturated carbocycles. The molecule has 4 nitrogen and oxygen atoms in total. The molecule has 5 heteroatoms. The average molecular weight is 255 g/mol. The van der Waals surface area contributed by atoms with Gasteiger partial charge in [-0.3, -0.25) is 0 Å². The van der Waals surface area contributed by atoms with Gasteiger partial charge >= 0.3 is 0 Å². The normalized spacial score (nSPS) is 19.4. The predicted molar refractivity (Wildman–Crippen MR) is 65.8 cm³/mol. The van der Waals surface area contributed by atoms with Crippen LogP contribution in [0.4, 0.5) is 0 Å². The van der Waals surface area contributed by atoms with Gasteiger partial charge in [0.1, 0.15) is 0 Å². The summed E-state index contributed by atoms with van der Waals surface area (Å²) in [6, 6.07) is 7.42. The molecule has 0 aromatic heterocycles. The van der Waals surface area contributed by atoms with E-state index in [2.05, 4.69) is 5.73 Å². The summed E-state index contributed by atoms with van der Waals surface area (Å²) in [4.78, 5) is 0.394. The van der Waals surface area contributed by atoms with Gasteiger partial charge in [-0.25, -0.2) is 8.42 Å². The zero-order valence-corrected chi connectivity index (χ0v) is 10.9. The number of nitrogens with zero attached hydrogens (tertiary/aromatic N) is 1. The van der Waals surface area contributed by atoms with Crippen LogP contribution in [0.15, 0.2) is 29.2 Å². The monoisotopic (exact) mass is 255 g/mol. The lowest BCUT2D eigenvalue weighted by Crippen LogP contribution is -2.64. The van der Waals surface area contributed by atoms with E-state index >= 15 is 0 Å². The molecule has 1 aliphatic heterocycles. The van der Waals surface area contributed by atoms with Gasteiger partial charge in [0.25, 0.3) is 0 Å². The number of piperidine rings is 1. The van der Waals surface area contributed by atoms with Crippen LogP contribution >= 0.6 is 0 Å². The Hall–Kier alpha value is -0.910. The maximum atomic E-state index is 12.3. The van der Waals surface area contributed by atoms with E-state index in [1.807, 2.05) is 19.1 Å². The van der Waals surface area contributed by atoms with Crippen LogP contribution in [0.25, 0.3) is 0 Å². The van der Waals surface area contributed by atoms with Gasteiger partial charge in [0.05, 0.1) is 10.9 Å². The summed E-state index contributed by atoms with van der Waals surface area (Å²) in [7, 11) is -3.30. The molecule has 0 unspecified atom stereocenters. The zero-order chi connectivity index (χ0) is 12.5. The van der Waals surface area contributed by atoms with Gasteiger partial charge in [-0.2, -0.15) is 4.31 Å². The Kier molecular flexibility index (Phi) is 3.51. The second-order valence-electron chi connectivity index (χ2n) is 4.66. The van der Waals surface area contributed by atoms with E-state index in [0.29, 0.717) is 24.0 Å². The van der Waals surface area contributed by atoms with Crippen LogP contribution in [0.1, 0.15) is 18.4 Å². The Morgan fingerprint density at radius 1 is 1.18 bits per heavy atom. The van der Waals surface area contributed by atoms with Crippen LogP contribution in [0.3, 0.4) is 0 Å². The molecule has 1 aromatic rings. The topological polar surface area (TPSA) is 65.0 Å². The first-order valence-corrected chi connectivity index (χ1v) is 7.34. The molecule has 0 radical (unpaired) electrons. The number of quaternary nitrogens is 1. The molecule has 1 aliphatic rings. The van der Waals surface area contributed by atoms with Crippen LogP contribution in [0, 0.1) is 6.92 Å². The maximum absolute atomic E-state index is 12.3. The summed E-state index contributed by atoms with van der Waals surface area (Å²) in [6.45, 7) is 3.12. The lowest BCUT2D eigenvalue weighted by molar-refractivity contribution is -0.425. The Balaban J connectivity index is 2.21.